The van der Waals surface area contributed by atoms with Crippen molar-refractivity contribution >= 4 is 11.6 Å². The molecular weight excluding hydrogens is 411 g/mol. The molecule has 0 spiro atoms. The fraction of sp³-hybridized carbons (Fsp3) is 0.375. The number of ether oxygens (including phenoxy) is 1. The van der Waals surface area contributed by atoms with E-state index >= 15 is 0 Å². The fourth-order valence-corrected chi connectivity index (χ4v) is 3.93. The van der Waals surface area contributed by atoms with Gasteiger partial charge < -0.3 is 19.9 Å². The number of benzene rings is 1. The molecule has 3 heterocycles. The number of pyridine rings is 1. The molecule has 7 nitrogen and oxygen atoms in total. The number of rotatable bonds is 7. The van der Waals surface area contributed by atoms with Crippen LogP contribution in [0.25, 0.3) is 11.1 Å². The van der Waals surface area contributed by atoms with Crippen LogP contribution in [-0.2, 0) is 11.2 Å². The molecule has 1 atom stereocenters. The summed E-state index contributed by atoms with van der Waals surface area (Å²) in [6.45, 7) is 5.31. The SMILES string of the molecule is Cc1noc(C)c1-c1cc(NC(=O)Cc2ccc(F)cn2)ccc1OCC1CCCCN1. The summed E-state index contributed by atoms with van der Waals surface area (Å²) in [5.41, 5.74) is 3.54. The first-order valence-electron chi connectivity index (χ1n) is 10.8. The van der Waals surface area contributed by atoms with Gasteiger partial charge in [-0.25, -0.2) is 4.39 Å². The number of carbonyl (C=O) groups is 1. The Morgan fingerprint density at radius 3 is 2.84 bits per heavy atom. The van der Waals surface area contributed by atoms with E-state index in [1.165, 1.54) is 25.0 Å². The van der Waals surface area contributed by atoms with Crippen LogP contribution in [0.4, 0.5) is 10.1 Å². The predicted octanol–water partition coefficient (Wildman–Crippen LogP) is 4.19. The summed E-state index contributed by atoms with van der Waals surface area (Å²) in [5.74, 6) is 0.721. The summed E-state index contributed by atoms with van der Waals surface area (Å²) in [6, 6.07) is 8.64. The van der Waals surface area contributed by atoms with Crippen LogP contribution in [0.15, 0.2) is 41.1 Å². The minimum Gasteiger partial charge on any atom is -0.491 e. The number of amides is 1. The first-order chi connectivity index (χ1) is 15.5. The van der Waals surface area contributed by atoms with Crippen molar-refractivity contribution in [3.63, 3.8) is 0 Å². The monoisotopic (exact) mass is 438 g/mol. The van der Waals surface area contributed by atoms with Crippen molar-refractivity contribution in [2.24, 2.45) is 0 Å². The maximum Gasteiger partial charge on any atom is 0.230 e. The number of hydrogen-bond acceptors (Lipinski definition) is 6. The van der Waals surface area contributed by atoms with Gasteiger partial charge in [0.1, 0.15) is 23.9 Å². The molecule has 1 aliphatic rings. The molecule has 168 valence electrons. The molecule has 1 aromatic carbocycles. The van der Waals surface area contributed by atoms with E-state index in [9.17, 15) is 9.18 Å². The van der Waals surface area contributed by atoms with Gasteiger partial charge in [0.15, 0.2) is 0 Å². The van der Waals surface area contributed by atoms with Crippen molar-refractivity contribution in [2.75, 3.05) is 18.5 Å². The van der Waals surface area contributed by atoms with Gasteiger partial charge in [-0.3, -0.25) is 9.78 Å². The smallest absolute Gasteiger partial charge is 0.230 e. The van der Waals surface area contributed by atoms with Crippen LogP contribution in [0.2, 0.25) is 0 Å². The van der Waals surface area contributed by atoms with Crippen molar-refractivity contribution < 1.29 is 18.4 Å². The molecule has 1 aliphatic heterocycles. The third-order valence-corrected chi connectivity index (χ3v) is 5.55. The minimum atomic E-state index is -0.433. The van der Waals surface area contributed by atoms with Gasteiger partial charge >= 0.3 is 0 Å². The summed E-state index contributed by atoms with van der Waals surface area (Å²) in [7, 11) is 0. The molecule has 1 saturated heterocycles. The van der Waals surface area contributed by atoms with E-state index in [4.69, 9.17) is 9.26 Å². The second kappa shape index (κ2) is 9.91. The standard InChI is InChI=1S/C24H27FN4O3/c1-15-24(16(2)32-29-15)21-11-19(28-23(30)12-18-7-6-17(25)13-27-18)8-9-22(21)31-14-20-5-3-4-10-26-20/h6-9,11,13,20,26H,3-5,10,12,14H2,1-2H3,(H,28,30). The number of aromatic nitrogens is 2. The van der Waals surface area contributed by atoms with Gasteiger partial charge in [0.25, 0.3) is 0 Å². The number of carbonyl (C=O) groups excluding carboxylic acids is 1. The Labute approximate surface area is 186 Å². The van der Waals surface area contributed by atoms with Crippen LogP contribution < -0.4 is 15.4 Å². The number of aryl methyl sites for hydroxylation is 2. The topological polar surface area (TPSA) is 89.3 Å². The van der Waals surface area contributed by atoms with Gasteiger partial charge in [0.2, 0.25) is 5.91 Å². The predicted molar refractivity (Wildman–Crippen MR) is 119 cm³/mol. The molecule has 0 aliphatic carbocycles. The largest absolute Gasteiger partial charge is 0.491 e. The zero-order valence-corrected chi connectivity index (χ0v) is 18.3. The van der Waals surface area contributed by atoms with Crippen LogP contribution in [0, 0.1) is 19.7 Å². The van der Waals surface area contributed by atoms with E-state index in [2.05, 4.69) is 20.8 Å². The Morgan fingerprint density at radius 1 is 1.28 bits per heavy atom. The van der Waals surface area contributed by atoms with Gasteiger partial charge in [-0.1, -0.05) is 11.6 Å². The molecule has 0 saturated carbocycles. The molecule has 32 heavy (non-hydrogen) atoms. The lowest BCUT2D eigenvalue weighted by Crippen LogP contribution is -2.38. The van der Waals surface area contributed by atoms with E-state index in [0.29, 0.717) is 35.5 Å². The molecule has 0 bridgehead atoms. The second-order valence-electron chi connectivity index (χ2n) is 8.06. The maximum atomic E-state index is 13.0. The maximum absolute atomic E-state index is 13.0. The first kappa shape index (κ1) is 22.0. The van der Waals surface area contributed by atoms with E-state index in [0.717, 1.165) is 36.0 Å². The molecule has 4 rings (SSSR count). The minimum absolute atomic E-state index is 0.0482. The third-order valence-electron chi connectivity index (χ3n) is 5.55. The van der Waals surface area contributed by atoms with Crippen LogP contribution in [0.3, 0.4) is 0 Å². The Bertz CT molecular complexity index is 1060. The Kier molecular flexibility index (Phi) is 6.80. The van der Waals surface area contributed by atoms with E-state index in [1.54, 1.807) is 6.07 Å². The van der Waals surface area contributed by atoms with Crippen LogP contribution in [0.5, 0.6) is 5.75 Å². The highest BCUT2D eigenvalue weighted by Gasteiger charge is 2.19. The molecular formula is C24H27FN4O3. The van der Waals surface area contributed by atoms with Crippen molar-refractivity contribution in [2.45, 2.75) is 45.6 Å². The fourth-order valence-electron chi connectivity index (χ4n) is 3.93. The number of nitrogens with zero attached hydrogens (tertiary/aromatic N) is 2. The number of anilines is 1. The number of hydrogen-bond donors (Lipinski definition) is 2. The summed E-state index contributed by atoms with van der Waals surface area (Å²) in [5, 5.41) is 10.4. The third kappa shape index (κ3) is 5.31. The lowest BCUT2D eigenvalue weighted by Gasteiger charge is -2.24. The molecule has 1 unspecified atom stereocenters. The quantitative estimate of drug-likeness (QED) is 0.575. The number of halogens is 1. The van der Waals surface area contributed by atoms with Crippen molar-refractivity contribution in [3.05, 3.63) is 59.5 Å². The van der Waals surface area contributed by atoms with Gasteiger partial charge in [-0.05, 0) is 63.6 Å². The van der Waals surface area contributed by atoms with Crippen molar-refractivity contribution in [1.29, 1.82) is 0 Å². The van der Waals surface area contributed by atoms with E-state index in [-0.39, 0.29) is 12.3 Å². The molecule has 0 radical (unpaired) electrons. The molecule has 1 fully saturated rings. The summed E-state index contributed by atoms with van der Waals surface area (Å²) >= 11 is 0. The highest BCUT2D eigenvalue weighted by molar-refractivity contribution is 5.93. The van der Waals surface area contributed by atoms with E-state index < -0.39 is 5.82 Å². The lowest BCUT2D eigenvalue weighted by atomic mass is 10.0. The van der Waals surface area contributed by atoms with Crippen LogP contribution in [-0.4, -0.2) is 35.2 Å². The second-order valence-corrected chi connectivity index (χ2v) is 8.06. The molecule has 1 amide bonds. The molecule has 2 N–H and O–H groups in total. The highest BCUT2D eigenvalue weighted by atomic mass is 19.1. The normalized spacial score (nSPS) is 16.0. The van der Waals surface area contributed by atoms with Crippen LogP contribution >= 0.6 is 0 Å². The summed E-state index contributed by atoms with van der Waals surface area (Å²) in [6.07, 6.45) is 4.64. The molecule has 8 heteroatoms. The van der Waals surface area contributed by atoms with Gasteiger partial charge in [-0.2, -0.15) is 0 Å². The Balaban J connectivity index is 1.54. The Morgan fingerprint density at radius 2 is 2.16 bits per heavy atom. The lowest BCUT2D eigenvalue weighted by molar-refractivity contribution is -0.115. The first-order valence-corrected chi connectivity index (χ1v) is 10.8. The number of piperidine rings is 1. The average molecular weight is 439 g/mol. The van der Waals surface area contributed by atoms with Gasteiger partial charge in [0, 0.05) is 23.0 Å². The van der Waals surface area contributed by atoms with Crippen molar-refractivity contribution in [3.8, 4) is 16.9 Å². The van der Waals surface area contributed by atoms with Crippen LogP contribution in [0.1, 0.15) is 36.4 Å². The van der Waals surface area contributed by atoms with Gasteiger partial charge in [-0.15, -0.1) is 0 Å². The molecule has 3 aromatic rings. The average Bonchev–Trinajstić information content (AvgIpc) is 3.13. The van der Waals surface area contributed by atoms with E-state index in [1.807, 2.05) is 26.0 Å². The molecule has 2 aromatic heterocycles. The zero-order chi connectivity index (χ0) is 22.5. The summed E-state index contributed by atoms with van der Waals surface area (Å²) < 4.78 is 24.6. The zero-order valence-electron chi connectivity index (χ0n) is 18.3. The summed E-state index contributed by atoms with van der Waals surface area (Å²) in [4.78, 5) is 16.4. The Hall–Kier alpha value is -3.26. The highest BCUT2D eigenvalue weighted by Crippen LogP contribution is 2.37. The van der Waals surface area contributed by atoms with Crippen molar-refractivity contribution in [1.82, 2.24) is 15.5 Å². The van der Waals surface area contributed by atoms with Gasteiger partial charge in [0.05, 0.1) is 23.9 Å². The number of nitrogens with one attached hydrogen (secondary N) is 2.